The number of aliphatic hydroxyl groups is 1. The van der Waals surface area contributed by atoms with Crippen molar-refractivity contribution in [3.05, 3.63) is 0 Å². The minimum atomic E-state index is -4.20. The Morgan fingerprint density at radius 3 is 1.89 bits per heavy atom. The first-order valence-corrected chi connectivity index (χ1v) is 3.63. The molecule has 0 rings (SSSR count). The molecule has 0 amide bonds. The quantitative estimate of drug-likeness (QED) is 0.479. The van der Waals surface area contributed by atoms with E-state index in [9.17, 15) is 8.42 Å². The third kappa shape index (κ3) is 4.34. The van der Waals surface area contributed by atoms with E-state index in [0.717, 1.165) is 0 Å². The van der Waals surface area contributed by atoms with Crippen molar-refractivity contribution in [1.29, 1.82) is 0 Å². The molecular formula is C3H11NO4S. The molecule has 5 nitrogen and oxygen atoms in total. The minimum absolute atomic E-state index is 0. The Kier molecular flexibility index (Phi) is 4.87. The average molecular weight is 157 g/mol. The zero-order chi connectivity index (χ0) is 6.78. The van der Waals surface area contributed by atoms with E-state index in [4.69, 9.17) is 9.66 Å². The second-order valence-electron chi connectivity index (χ2n) is 1.38. The fourth-order valence-electron chi connectivity index (χ4n) is 0.211. The molecule has 0 heterocycles. The lowest BCUT2D eigenvalue weighted by Gasteiger charge is -1.99. The summed E-state index contributed by atoms with van der Waals surface area (Å²) in [6, 6.07) is 0. The van der Waals surface area contributed by atoms with Crippen molar-refractivity contribution in [2.75, 3.05) is 0 Å². The van der Waals surface area contributed by atoms with Gasteiger partial charge in [0.25, 0.3) is 10.1 Å². The van der Waals surface area contributed by atoms with Crippen LogP contribution in [0.25, 0.3) is 0 Å². The molecule has 0 saturated heterocycles. The van der Waals surface area contributed by atoms with Crippen LogP contribution in [0.2, 0.25) is 0 Å². The van der Waals surface area contributed by atoms with Gasteiger partial charge < -0.3 is 11.3 Å². The molecular weight excluding hydrogens is 146 g/mol. The van der Waals surface area contributed by atoms with Crippen molar-refractivity contribution in [3.8, 4) is 0 Å². The van der Waals surface area contributed by atoms with Gasteiger partial charge >= 0.3 is 0 Å². The fourth-order valence-corrected chi connectivity index (χ4v) is 0.632. The molecule has 0 saturated carbocycles. The standard InChI is InChI=1S/C3H8O4S.H3N/c1-2-3(4)8(5,6)7;/h3-4H,2H2,1H3,(H,5,6,7);1H3. The van der Waals surface area contributed by atoms with E-state index in [1.54, 1.807) is 0 Å². The van der Waals surface area contributed by atoms with Gasteiger partial charge in [-0.05, 0) is 6.42 Å². The van der Waals surface area contributed by atoms with Gasteiger partial charge in [-0.15, -0.1) is 0 Å². The zero-order valence-electron chi connectivity index (χ0n) is 5.11. The van der Waals surface area contributed by atoms with Crippen LogP contribution in [0.15, 0.2) is 0 Å². The summed E-state index contributed by atoms with van der Waals surface area (Å²) in [4.78, 5) is 0. The number of hydrogen-bond donors (Lipinski definition) is 3. The molecule has 0 aromatic rings. The van der Waals surface area contributed by atoms with Crippen molar-refractivity contribution in [2.45, 2.75) is 18.8 Å². The highest BCUT2D eigenvalue weighted by molar-refractivity contribution is 7.86. The number of hydrogen-bond acceptors (Lipinski definition) is 4. The van der Waals surface area contributed by atoms with Crippen LogP contribution in [0.3, 0.4) is 0 Å². The highest BCUT2D eigenvalue weighted by Crippen LogP contribution is 1.96. The highest BCUT2D eigenvalue weighted by atomic mass is 32.2. The van der Waals surface area contributed by atoms with E-state index in [0.29, 0.717) is 0 Å². The molecule has 0 spiro atoms. The lowest BCUT2D eigenvalue weighted by atomic mass is 10.5. The summed E-state index contributed by atoms with van der Waals surface area (Å²) in [7, 11) is -4.20. The van der Waals surface area contributed by atoms with Gasteiger partial charge in [0.15, 0.2) is 5.44 Å². The van der Waals surface area contributed by atoms with Crippen LogP contribution in [0.1, 0.15) is 13.3 Å². The lowest BCUT2D eigenvalue weighted by molar-refractivity contribution is 0.229. The minimum Gasteiger partial charge on any atom is -0.375 e. The van der Waals surface area contributed by atoms with Crippen LogP contribution in [-0.2, 0) is 10.1 Å². The summed E-state index contributed by atoms with van der Waals surface area (Å²) in [6.45, 7) is 1.46. The van der Waals surface area contributed by atoms with Crippen LogP contribution in [0.4, 0.5) is 0 Å². The molecule has 1 unspecified atom stereocenters. The van der Waals surface area contributed by atoms with Gasteiger partial charge in [0.1, 0.15) is 0 Å². The first kappa shape index (κ1) is 11.6. The number of aliphatic hydroxyl groups excluding tert-OH is 1. The molecule has 0 radical (unpaired) electrons. The highest BCUT2D eigenvalue weighted by Gasteiger charge is 2.15. The van der Waals surface area contributed by atoms with Crippen molar-refractivity contribution < 1.29 is 18.1 Å². The SMILES string of the molecule is CCC(O)S(=O)(=O)O.N. The van der Waals surface area contributed by atoms with Crippen molar-refractivity contribution >= 4 is 10.1 Å². The second-order valence-corrected chi connectivity index (χ2v) is 2.95. The summed E-state index contributed by atoms with van der Waals surface area (Å²) in [5, 5.41) is 8.36. The van der Waals surface area contributed by atoms with Gasteiger partial charge in [0.2, 0.25) is 0 Å². The van der Waals surface area contributed by atoms with Gasteiger partial charge in [-0.2, -0.15) is 8.42 Å². The molecule has 0 bridgehead atoms. The largest absolute Gasteiger partial charge is 0.375 e. The molecule has 0 fully saturated rings. The van der Waals surface area contributed by atoms with Gasteiger partial charge in [-0.25, -0.2) is 0 Å². The van der Waals surface area contributed by atoms with Crippen molar-refractivity contribution in [1.82, 2.24) is 6.15 Å². The molecule has 5 N–H and O–H groups in total. The molecule has 6 heteroatoms. The maximum Gasteiger partial charge on any atom is 0.291 e. The van der Waals surface area contributed by atoms with Crippen LogP contribution >= 0.6 is 0 Å². The van der Waals surface area contributed by atoms with E-state index in [2.05, 4.69) is 0 Å². The predicted molar refractivity (Wildman–Crippen MR) is 32.9 cm³/mol. The average Bonchev–Trinajstić information content (AvgIpc) is 1.62. The van der Waals surface area contributed by atoms with E-state index >= 15 is 0 Å². The summed E-state index contributed by atoms with van der Waals surface area (Å²) in [5.41, 5.74) is -1.62. The Balaban J connectivity index is 0. The van der Waals surface area contributed by atoms with E-state index in [1.165, 1.54) is 6.92 Å². The first-order chi connectivity index (χ1) is 3.48. The van der Waals surface area contributed by atoms with E-state index < -0.39 is 15.6 Å². The Morgan fingerprint density at radius 1 is 1.56 bits per heavy atom. The van der Waals surface area contributed by atoms with Gasteiger partial charge in [0, 0.05) is 0 Å². The summed E-state index contributed by atoms with van der Waals surface area (Å²) >= 11 is 0. The van der Waals surface area contributed by atoms with Crippen LogP contribution in [-0.4, -0.2) is 23.5 Å². The topological polar surface area (TPSA) is 110 Å². The molecule has 0 aliphatic rings. The molecule has 9 heavy (non-hydrogen) atoms. The van der Waals surface area contributed by atoms with Gasteiger partial charge in [-0.1, -0.05) is 6.92 Å². The van der Waals surface area contributed by atoms with E-state index in [-0.39, 0.29) is 12.6 Å². The Hall–Kier alpha value is -0.170. The monoisotopic (exact) mass is 157 g/mol. The van der Waals surface area contributed by atoms with Crippen LogP contribution in [0, 0.1) is 0 Å². The summed E-state index contributed by atoms with van der Waals surface area (Å²) < 4.78 is 27.7. The maximum atomic E-state index is 9.87. The van der Waals surface area contributed by atoms with Gasteiger partial charge in [0.05, 0.1) is 0 Å². The number of rotatable bonds is 2. The maximum absolute atomic E-state index is 9.87. The predicted octanol–water partition coefficient (Wildman–Crippen LogP) is -0.235. The lowest BCUT2D eigenvalue weighted by Crippen LogP contribution is -2.17. The summed E-state index contributed by atoms with van der Waals surface area (Å²) in [5.74, 6) is 0. The normalized spacial score (nSPS) is 14.1. The smallest absolute Gasteiger partial charge is 0.291 e. The molecule has 0 aromatic heterocycles. The van der Waals surface area contributed by atoms with Crippen molar-refractivity contribution in [3.63, 3.8) is 0 Å². The Bertz CT molecular complexity index is 151. The second kappa shape index (κ2) is 3.78. The van der Waals surface area contributed by atoms with Crippen LogP contribution in [0.5, 0.6) is 0 Å². The Labute approximate surface area is 54.0 Å². The van der Waals surface area contributed by atoms with Crippen LogP contribution < -0.4 is 6.15 Å². The third-order valence-electron chi connectivity index (χ3n) is 0.693. The molecule has 0 aliphatic carbocycles. The molecule has 1 atom stereocenters. The van der Waals surface area contributed by atoms with Gasteiger partial charge in [-0.3, -0.25) is 4.55 Å². The zero-order valence-corrected chi connectivity index (χ0v) is 5.93. The fraction of sp³-hybridized carbons (Fsp3) is 1.00. The summed E-state index contributed by atoms with van der Waals surface area (Å²) in [6.07, 6.45) is 0.0127. The third-order valence-corrected chi connectivity index (χ3v) is 1.71. The molecule has 58 valence electrons. The Morgan fingerprint density at radius 2 is 1.89 bits per heavy atom. The molecule has 0 aliphatic heterocycles. The van der Waals surface area contributed by atoms with E-state index in [1.807, 2.05) is 0 Å². The first-order valence-electron chi connectivity index (χ1n) is 2.13. The van der Waals surface area contributed by atoms with Crippen molar-refractivity contribution in [2.24, 2.45) is 0 Å². The molecule has 0 aromatic carbocycles.